The number of aliphatic hydroxyl groups is 1. The molecule has 1 N–H and O–H groups in total. The fourth-order valence-corrected chi connectivity index (χ4v) is 1.54. The quantitative estimate of drug-likeness (QED) is 0.851. The van der Waals surface area contributed by atoms with Gasteiger partial charge in [-0.2, -0.15) is 0 Å². The molecule has 4 nitrogen and oxygen atoms in total. The molecule has 1 unspecified atom stereocenters. The monoisotopic (exact) mass is 217 g/mol. The number of hydrogen-bond acceptors (Lipinski definition) is 3. The Labute approximate surface area is 94.5 Å². The summed E-state index contributed by atoms with van der Waals surface area (Å²) in [6.45, 7) is 4.44. The lowest BCUT2D eigenvalue weighted by atomic mass is 10.1. The van der Waals surface area contributed by atoms with Gasteiger partial charge in [0.25, 0.3) is 0 Å². The van der Waals surface area contributed by atoms with Crippen LogP contribution in [-0.2, 0) is 6.54 Å². The van der Waals surface area contributed by atoms with Gasteiger partial charge in [0.05, 0.1) is 18.8 Å². The second-order valence-electron chi connectivity index (χ2n) is 3.94. The third-order valence-electron chi connectivity index (χ3n) is 2.58. The van der Waals surface area contributed by atoms with E-state index >= 15 is 0 Å². The molecule has 1 aromatic heterocycles. The highest BCUT2D eigenvalue weighted by Gasteiger charge is 2.06. The maximum atomic E-state index is 9.34. The van der Waals surface area contributed by atoms with Crippen molar-refractivity contribution in [2.24, 2.45) is 0 Å². The van der Waals surface area contributed by atoms with Gasteiger partial charge in [0, 0.05) is 0 Å². The molecule has 16 heavy (non-hydrogen) atoms. The van der Waals surface area contributed by atoms with Gasteiger partial charge in [-0.1, -0.05) is 29.5 Å². The predicted octanol–water partition coefficient (Wildman–Crippen LogP) is 1.69. The van der Waals surface area contributed by atoms with Gasteiger partial charge in [-0.05, 0) is 25.0 Å². The Balaban J connectivity index is 2.18. The lowest BCUT2D eigenvalue weighted by molar-refractivity contribution is 0.194. The minimum absolute atomic E-state index is 0.564. The molecule has 0 saturated carbocycles. The summed E-state index contributed by atoms with van der Waals surface area (Å²) >= 11 is 0. The highest BCUT2D eigenvalue weighted by atomic mass is 16.3. The first kappa shape index (κ1) is 10.8. The topological polar surface area (TPSA) is 50.9 Å². The summed E-state index contributed by atoms with van der Waals surface area (Å²) < 4.78 is 1.74. The van der Waals surface area contributed by atoms with E-state index in [1.54, 1.807) is 17.8 Å². The van der Waals surface area contributed by atoms with Crippen LogP contribution < -0.4 is 0 Å². The maximum absolute atomic E-state index is 9.34. The van der Waals surface area contributed by atoms with Crippen molar-refractivity contribution in [1.29, 1.82) is 0 Å². The van der Waals surface area contributed by atoms with Gasteiger partial charge in [0.1, 0.15) is 5.69 Å². The third-order valence-corrected chi connectivity index (χ3v) is 2.58. The van der Waals surface area contributed by atoms with Crippen molar-refractivity contribution in [2.75, 3.05) is 0 Å². The summed E-state index contributed by atoms with van der Waals surface area (Å²) in [6, 6.07) is 8.16. The Morgan fingerprint density at radius 2 is 2.12 bits per heavy atom. The molecule has 84 valence electrons. The smallest absolute Gasteiger partial charge is 0.111 e. The normalized spacial score (nSPS) is 12.7. The van der Waals surface area contributed by atoms with E-state index in [2.05, 4.69) is 29.4 Å². The van der Waals surface area contributed by atoms with E-state index in [1.165, 1.54) is 11.1 Å². The molecule has 0 bridgehead atoms. The highest BCUT2D eigenvalue weighted by molar-refractivity contribution is 5.25. The van der Waals surface area contributed by atoms with Crippen molar-refractivity contribution in [2.45, 2.75) is 26.5 Å². The molecule has 0 aliphatic rings. The van der Waals surface area contributed by atoms with Crippen LogP contribution in [0.25, 0.3) is 0 Å². The van der Waals surface area contributed by atoms with Crippen LogP contribution in [0.15, 0.2) is 30.5 Å². The Bertz CT molecular complexity index is 477. The molecule has 0 radical (unpaired) electrons. The summed E-state index contributed by atoms with van der Waals surface area (Å²) in [7, 11) is 0. The summed E-state index contributed by atoms with van der Waals surface area (Å²) in [5, 5.41) is 17.2. The molecule has 0 fully saturated rings. The van der Waals surface area contributed by atoms with E-state index < -0.39 is 6.10 Å². The number of aliphatic hydroxyl groups excluding tert-OH is 1. The number of hydrogen-bond donors (Lipinski definition) is 1. The summed E-state index contributed by atoms with van der Waals surface area (Å²) in [5.41, 5.74) is 3.05. The second kappa shape index (κ2) is 4.45. The van der Waals surface area contributed by atoms with Gasteiger partial charge in [-0.15, -0.1) is 5.10 Å². The van der Waals surface area contributed by atoms with Gasteiger partial charge >= 0.3 is 0 Å². The molecule has 0 amide bonds. The molecule has 0 spiro atoms. The fourth-order valence-electron chi connectivity index (χ4n) is 1.54. The van der Waals surface area contributed by atoms with Crippen LogP contribution in [0.3, 0.4) is 0 Å². The highest BCUT2D eigenvalue weighted by Crippen LogP contribution is 2.11. The minimum atomic E-state index is -0.564. The number of rotatable bonds is 3. The summed E-state index contributed by atoms with van der Waals surface area (Å²) in [4.78, 5) is 0. The molecule has 0 aliphatic carbocycles. The minimum Gasteiger partial charge on any atom is -0.387 e. The summed E-state index contributed by atoms with van der Waals surface area (Å²) in [6.07, 6.45) is 1.21. The molecule has 2 aromatic rings. The third kappa shape index (κ3) is 2.28. The van der Waals surface area contributed by atoms with Crippen molar-refractivity contribution < 1.29 is 5.11 Å². The Kier molecular flexibility index (Phi) is 3.01. The maximum Gasteiger partial charge on any atom is 0.111 e. The molecule has 4 heteroatoms. The zero-order valence-electron chi connectivity index (χ0n) is 9.46. The SMILES string of the molecule is Cc1ccccc1Cn1cc(C(C)O)nn1. The Hall–Kier alpha value is -1.68. The zero-order chi connectivity index (χ0) is 11.5. The summed E-state index contributed by atoms with van der Waals surface area (Å²) in [5.74, 6) is 0. The Morgan fingerprint density at radius 1 is 1.38 bits per heavy atom. The second-order valence-corrected chi connectivity index (χ2v) is 3.94. The molecule has 0 saturated heterocycles. The van der Waals surface area contributed by atoms with Crippen LogP contribution in [0.1, 0.15) is 29.8 Å². The number of aryl methyl sites for hydroxylation is 1. The van der Waals surface area contributed by atoms with Gasteiger partial charge in [0.2, 0.25) is 0 Å². The van der Waals surface area contributed by atoms with Gasteiger partial charge < -0.3 is 5.11 Å². The van der Waals surface area contributed by atoms with E-state index in [4.69, 9.17) is 0 Å². The van der Waals surface area contributed by atoms with Crippen LogP contribution >= 0.6 is 0 Å². The van der Waals surface area contributed by atoms with Crippen LogP contribution in [-0.4, -0.2) is 20.1 Å². The predicted molar refractivity (Wildman–Crippen MR) is 60.9 cm³/mol. The first-order valence-electron chi connectivity index (χ1n) is 5.29. The first-order chi connectivity index (χ1) is 7.66. The van der Waals surface area contributed by atoms with E-state index in [9.17, 15) is 5.11 Å². The zero-order valence-corrected chi connectivity index (χ0v) is 9.46. The largest absolute Gasteiger partial charge is 0.387 e. The van der Waals surface area contributed by atoms with Gasteiger partial charge in [-0.25, -0.2) is 4.68 Å². The van der Waals surface area contributed by atoms with E-state index in [-0.39, 0.29) is 0 Å². The molecule has 1 heterocycles. The van der Waals surface area contributed by atoms with Crippen LogP contribution in [0.2, 0.25) is 0 Å². The van der Waals surface area contributed by atoms with Crippen molar-refractivity contribution >= 4 is 0 Å². The number of nitrogens with zero attached hydrogens (tertiary/aromatic N) is 3. The average molecular weight is 217 g/mol. The van der Waals surface area contributed by atoms with Crippen LogP contribution in [0.5, 0.6) is 0 Å². The molecular weight excluding hydrogens is 202 g/mol. The van der Waals surface area contributed by atoms with E-state index in [0.717, 1.165) is 0 Å². The van der Waals surface area contributed by atoms with Gasteiger partial charge in [0.15, 0.2) is 0 Å². The first-order valence-corrected chi connectivity index (χ1v) is 5.29. The molecule has 2 rings (SSSR count). The number of aromatic nitrogens is 3. The van der Waals surface area contributed by atoms with Crippen molar-refractivity contribution in [1.82, 2.24) is 15.0 Å². The van der Waals surface area contributed by atoms with Crippen LogP contribution in [0.4, 0.5) is 0 Å². The van der Waals surface area contributed by atoms with Crippen molar-refractivity contribution in [3.63, 3.8) is 0 Å². The molecular formula is C12H15N3O. The lowest BCUT2D eigenvalue weighted by Crippen LogP contribution is -2.02. The van der Waals surface area contributed by atoms with E-state index in [0.29, 0.717) is 12.2 Å². The Morgan fingerprint density at radius 3 is 2.75 bits per heavy atom. The number of benzene rings is 1. The molecule has 1 atom stereocenters. The average Bonchev–Trinajstić information content (AvgIpc) is 2.70. The van der Waals surface area contributed by atoms with E-state index in [1.807, 2.05) is 12.1 Å². The standard InChI is InChI=1S/C12H15N3O/c1-9-5-3-4-6-11(9)7-15-8-12(10(2)16)13-14-15/h3-6,8,10,16H,7H2,1-2H3. The molecule has 1 aromatic carbocycles. The fraction of sp³-hybridized carbons (Fsp3) is 0.333. The van der Waals surface area contributed by atoms with Crippen molar-refractivity contribution in [3.05, 3.63) is 47.3 Å². The van der Waals surface area contributed by atoms with Crippen LogP contribution in [0, 0.1) is 6.92 Å². The van der Waals surface area contributed by atoms with Gasteiger partial charge in [-0.3, -0.25) is 0 Å². The molecule has 0 aliphatic heterocycles. The van der Waals surface area contributed by atoms with Crippen molar-refractivity contribution in [3.8, 4) is 0 Å². The lowest BCUT2D eigenvalue weighted by Gasteiger charge is -2.04.